The maximum atomic E-state index is 12.6. The summed E-state index contributed by atoms with van der Waals surface area (Å²) < 4.78 is 5.85. The van der Waals surface area contributed by atoms with E-state index < -0.39 is 0 Å². The molecule has 1 unspecified atom stereocenters. The molecule has 1 aromatic heterocycles. The summed E-state index contributed by atoms with van der Waals surface area (Å²) in [6, 6.07) is 4.02. The Balaban J connectivity index is 0.00000192. The molecule has 1 saturated heterocycles. The lowest BCUT2D eigenvalue weighted by atomic mass is 9.98. The minimum atomic E-state index is 0. The van der Waals surface area contributed by atoms with Crippen molar-refractivity contribution >= 4 is 18.3 Å². The van der Waals surface area contributed by atoms with Gasteiger partial charge in [-0.05, 0) is 24.5 Å². The van der Waals surface area contributed by atoms with Crippen LogP contribution in [0.5, 0.6) is 0 Å². The first-order valence-electron chi connectivity index (χ1n) is 8.36. The van der Waals surface area contributed by atoms with Gasteiger partial charge in [-0.3, -0.25) is 9.78 Å². The molecule has 23 heavy (non-hydrogen) atoms. The number of hydrogen-bond donors (Lipinski definition) is 1. The second-order valence-electron chi connectivity index (χ2n) is 6.16. The van der Waals surface area contributed by atoms with Crippen molar-refractivity contribution in [3.63, 3.8) is 0 Å². The lowest BCUT2D eigenvalue weighted by Crippen LogP contribution is -2.50. The molecule has 128 valence electrons. The quantitative estimate of drug-likeness (QED) is 0.914. The molecule has 0 bridgehead atoms. The highest BCUT2D eigenvalue weighted by atomic mass is 35.5. The smallest absolute Gasteiger partial charge is 0.249 e. The van der Waals surface area contributed by atoms with E-state index in [2.05, 4.69) is 10.3 Å². The zero-order valence-corrected chi connectivity index (χ0v) is 14.3. The number of carbonyl (C=O) groups excluding carboxylic acids is 1. The van der Waals surface area contributed by atoms with Crippen molar-refractivity contribution in [3.05, 3.63) is 30.1 Å². The van der Waals surface area contributed by atoms with Crippen LogP contribution < -0.4 is 5.32 Å². The van der Waals surface area contributed by atoms with Crippen LogP contribution in [0.25, 0.3) is 0 Å². The van der Waals surface area contributed by atoms with Crippen molar-refractivity contribution in [1.29, 1.82) is 0 Å². The van der Waals surface area contributed by atoms with Gasteiger partial charge in [0.05, 0.1) is 12.1 Å². The third-order valence-electron chi connectivity index (χ3n) is 4.63. The van der Waals surface area contributed by atoms with E-state index in [4.69, 9.17) is 4.74 Å². The van der Waals surface area contributed by atoms with Gasteiger partial charge in [0.2, 0.25) is 5.91 Å². The van der Waals surface area contributed by atoms with Crippen molar-refractivity contribution in [2.75, 3.05) is 26.2 Å². The van der Waals surface area contributed by atoms with Crippen LogP contribution in [0.15, 0.2) is 24.5 Å². The van der Waals surface area contributed by atoms with E-state index in [0.717, 1.165) is 38.0 Å². The van der Waals surface area contributed by atoms with Crippen LogP contribution in [0.3, 0.4) is 0 Å². The predicted octanol–water partition coefficient (Wildman–Crippen LogP) is 2.33. The first-order chi connectivity index (χ1) is 10.8. The third-order valence-corrected chi connectivity index (χ3v) is 4.63. The molecule has 5 nitrogen and oxygen atoms in total. The molecule has 1 saturated carbocycles. The lowest BCUT2D eigenvalue weighted by molar-refractivity contribution is -0.142. The molecule has 6 heteroatoms. The number of halogens is 1. The standard InChI is InChI=1S/C17H25N3O2.ClH/c21-17(13-22-15-6-2-1-3-7-15)20-10-9-19-12-16(20)14-5-4-8-18-11-14;/h4-5,8,11,15-16,19H,1-3,6-7,9-10,12-13H2;1H. The largest absolute Gasteiger partial charge is 0.368 e. The monoisotopic (exact) mass is 339 g/mol. The van der Waals surface area contributed by atoms with E-state index in [-0.39, 0.29) is 37.1 Å². The summed E-state index contributed by atoms with van der Waals surface area (Å²) in [6.45, 7) is 2.56. The third kappa shape index (κ3) is 4.90. The number of ether oxygens (including phenoxy) is 1. The molecule has 3 rings (SSSR count). The molecule has 2 aliphatic rings. The van der Waals surface area contributed by atoms with Gasteiger partial charge >= 0.3 is 0 Å². The molecule has 1 amide bonds. The summed E-state index contributed by atoms with van der Waals surface area (Å²) in [7, 11) is 0. The van der Waals surface area contributed by atoms with E-state index in [9.17, 15) is 4.79 Å². The molecule has 1 N–H and O–H groups in total. The molecule has 1 atom stereocenters. The maximum Gasteiger partial charge on any atom is 0.249 e. The van der Waals surface area contributed by atoms with Gasteiger partial charge in [0.25, 0.3) is 0 Å². The number of aromatic nitrogens is 1. The normalized spacial score (nSPS) is 22.4. The number of amides is 1. The van der Waals surface area contributed by atoms with Crippen molar-refractivity contribution in [2.45, 2.75) is 44.2 Å². The van der Waals surface area contributed by atoms with Gasteiger partial charge in [-0.25, -0.2) is 0 Å². The summed E-state index contributed by atoms with van der Waals surface area (Å²) >= 11 is 0. The number of nitrogens with zero attached hydrogens (tertiary/aromatic N) is 2. The fraction of sp³-hybridized carbons (Fsp3) is 0.647. The highest BCUT2D eigenvalue weighted by Crippen LogP contribution is 2.23. The first-order valence-corrected chi connectivity index (χ1v) is 8.36. The van der Waals surface area contributed by atoms with Crippen LogP contribution in [-0.4, -0.2) is 48.1 Å². The summed E-state index contributed by atoms with van der Waals surface area (Å²) in [5.74, 6) is 0.0981. The molecule has 1 aromatic rings. The number of carbonyl (C=O) groups is 1. The van der Waals surface area contributed by atoms with Gasteiger partial charge < -0.3 is 15.0 Å². The fourth-order valence-corrected chi connectivity index (χ4v) is 3.38. The van der Waals surface area contributed by atoms with Crippen LogP contribution in [0.4, 0.5) is 0 Å². The highest BCUT2D eigenvalue weighted by Gasteiger charge is 2.28. The van der Waals surface area contributed by atoms with Gasteiger partial charge in [0.15, 0.2) is 0 Å². The summed E-state index contributed by atoms with van der Waals surface area (Å²) in [4.78, 5) is 18.7. The number of rotatable bonds is 4. The molecule has 0 spiro atoms. The molecule has 1 aliphatic carbocycles. The van der Waals surface area contributed by atoms with Crippen molar-refractivity contribution in [1.82, 2.24) is 15.2 Å². The minimum absolute atomic E-state index is 0. The van der Waals surface area contributed by atoms with Crippen LogP contribution in [-0.2, 0) is 9.53 Å². The minimum Gasteiger partial charge on any atom is -0.368 e. The fourth-order valence-electron chi connectivity index (χ4n) is 3.38. The molecular formula is C17H26ClN3O2. The first kappa shape index (κ1) is 18.2. The Bertz CT molecular complexity index is 480. The summed E-state index contributed by atoms with van der Waals surface area (Å²) in [6.07, 6.45) is 9.84. The Kier molecular flexibility index (Phi) is 7.27. The van der Waals surface area contributed by atoms with E-state index in [1.807, 2.05) is 23.2 Å². The molecular weight excluding hydrogens is 314 g/mol. The van der Waals surface area contributed by atoms with Gasteiger partial charge in [0.1, 0.15) is 6.61 Å². The van der Waals surface area contributed by atoms with Crippen molar-refractivity contribution < 1.29 is 9.53 Å². The molecule has 2 heterocycles. The molecule has 0 radical (unpaired) electrons. The zero-order valence-electron chi connectivity index (χ0n) is 13.4. The van der Waals surface area contributed by atoms with Gasteiger partial charge in [-0.1, -0.05) is 25.3 Å². The van der Waals surface area contributed by atoms with Crippen LogP contribution in [0, 0.1) is 0 Å². The van der Waals surface area contributed by atoms with Crippen molar-refractivity contribution in [3.8, 4) is 0 Å². The Morgan fingerprint density at radius 3 is 2.91 bits per heavy atom. The van der Waals surface area contributed by atoms with Crippen LogP contribution >= 0.6 is 12.4 Å². The second-order valence-corrected chi connectivity index (χ2v) is 6.16. The SMILES string of the molecule is Cl.O=C(COC1CCCCC1)N1CCNCC1c1cccnc1. The highest BCUT2D eigenvalue weighted by molar-refractivity contribution is 5.85. The van der Waals surface area contributed by atoms with E-state index >= 15 is 0 Å². The number of nitrogens with one attached hydrogen (secondary N) is 1. The van der Waals surface area contributed by atoms with Gasteiger partial charge in [-0.2, -0.15) is 0 Å². The Labute approximate surface area is 144 Å². The lowest BCUT2D eigenvalue weighted by Gasteiger charge is -2.36. The number of hydrogen-bond acceptors (Lipinski definition) is 4. The van der Waals surface area contributed by atoms with Gasteiger partial charge in [-0.15, -0.1) is 12.4 Å². The summed E-state index contributed by atoms with van der Waals surface area (Å²) in [5, 5.41) is 3.36. The van der Waals surface area contributed by atoms with Crippen LogP contribution in [0.1, 0.15) is 43.7 Å². The van der Waals surface area contributed by atoms with Crippen molar-refractivity contribution in [2.24, 2.45) is 0 Å². The maximum absolute atomic E-state index is 12.6. The average molecular weight is 340 g/mol. The average Bonchev–Trinajstić information content (AvgIpc) is 2.61. The Morgan fingerprint density at radius 2 is 2.17 bits per heavy atom. The van der Waals surface area contributed by atoms with Gasteiger partial charge in [0, 0.05) is 32.0 Å². The molecule has 1 aliphatic heterocycles. The Morgan fingerprint density at radius 1 is 1.35 bits per heavy atom. The molecule has 2 fully saturated rings. The number of pyridine rings is 1. The van der Waals surface area contributed by atoms with E-state index in [0.29, 0.717) is 0 Å². The number of piperazine rings is 1. The Hall–Kier alpha value is -1.17. The topological polar surface area (TPSA) is 54.5 Å². The summed E-state index contributed by atoms with van der Waals surface area (Å²) in [5.41, 5.74) is 1.08. The second kappa shape index (κ2) is 9.21. The predicted molar refractivity (Wildman–Crippen MR) is 91.6 cm³/mol. The van der Waals surface area contributed by atoms with Crippen LogP contribution in [0.2, 0.25) is 0 Å². The molecule has 0 aromatic carbocycles. The zero-order chi connectivity index (χ0) is 15.2. The van der Waals surface area contributed by atoms with E-state index in [1.165, 1.54) is 19.3 Å². The van der Waals surface area contributed by atoms with E-state index in [1.54, 1.807) is 6.20 Å².